The van der Waals surface area contributed by atoms with Crippen LogP contribution in [-0.4, -0.2) is 38.1 Å². The molecule has 1 N–H and O–H groups in total. The van der Waals surface area contributed by atoms with E-state index in [9.17, 15) is 0 Å². The zero-order valence-corrected chi connectivity index (χ0v) is 10.7. The summed E-state index contributed by atoms with van der Waals surface area (Å²) >= 11 is 0. The van der Waals surface area contributed by atoms with Crippen molar-refractivity contribution in [2.75, 3.05) is 33.2 Å². The van der Waals surface area contributed by atoms with E-state index >= 15 is 0 Å². The van der Waals surface area contributed by atoms with E-state index in [1.165, 1.54) is 64.7 Å². The Bertz CT molecular complexity index is 247. The molecule has 16 heavy (non-hydrogen) atoms. The molecule has 0 bridgehead atoms. The molecule has 1 saturated carbocycles. The molecule has 2 saturated heterocycles. The van der Waals surface area contributed by atoms with Crippen LogP contribution in [0.15, 0.2) is 0 Å². The molecule has 2 nitrogen and oxygen atoms in total. The second-order valence-electron chi connectivity index (χ2n) is 6.59. The summed E-state index contributed by atoms with van der Waals surface area (Å²) in [5, 5.41) is 3.70. The molecule has 1 spiro atoms. The minimum Gasteiger partial charge on any atom is -0.316 e. The van der Waals surface area contributed by atoms with E-state index in [2.05, 4.69) is 17.3 Å². The molecule has 0 aromatic rings. The highest BCUT2D eigenvalue weighted by Gasteiger charge is 2.47. The third kappa shape index (κ3) is 2.28. The van der Waals surface area contributed by atoms with Gasteiger partial charge in [-0.25, -0.2) is 0 Å². The van der Waals surface area contributed by atoms with Gasteiger partial charge in [0.1, 0.15) is 0 Å². The van der Waals surface area contributed by atoms with Gasteiger partial charge in [-0.15, -0.1) is 0 Å². The maximum absolute atomic E-state index is 3.70. The number of rotatable bonds is 1. The normalized spacial score (nSPS) is 39.6. The molecule has 2 aliphatic heterocycles. The third-order valence-corrected chi connectivity index (χ3v) is 5.22. The zero-order valence-electron chi connectivity index (χ0n) is 10.7. The lowest BCUT2D eigenvalue weighted by atomic mass is 9.77. The monoisotopic (exact) mass is 222 g/mol. The molecule has 0 amide bonds. The highest BCUT2D eigenvalue weighted by Crippen LogP contribution is 2.53. The summed E-state index contributed by atoms with van der Waals surface area (Å²) in [4.78, 5) is 2.52. The topological polar surface area (TPSA) is 15.3 Å². The van der Waals surface area contributed by atoms with E-state index in [1.54, 1.807) is 0 Å². The Labute approximate surface area is 99.8 Å². The van der Waals surface area contributed by atoms with E-state index in [1.807, 2.05) is 0 Å². The van der Waals surface area contributed by atoms with Gasteiger partial charge in [0.2, 0.25) is 0 Å². The standard InChI is InChI=1S/C14H26N2/c1-16-7-2-3-12(4-8-16)13-9-14(5-6-14)11-15-10-13/h12-13,15H,2-11H2,1H3. The Morgan fingerprint density at radius 3 is 2.81 bits per heavy atom. The van der Waals surface area contributed by atoms with Crippen molar-refractivity contribution >= 4 is 0 Å². The Hall–Kier alpha value is -0.0800. The van der Waals surface area contributed by atoms with Crippen LogP contribution in [0.4, 0.5) is 0 Å². The van der Waals surface area contributed by atoms with Crippen molar-refractivity contribution in [3.8, 4) is 0 Å². The lowest BCUT2D eigenvalue weighted by Crippen LogP contribution is -2.40. The first-order valence-corrected chi connectivity index (χ1v) is 7.17. The Morgan fingerprint density at radius 2 is 2.00 bits per heavy atom. The van der Waals surface area contributed by atoms with E-state index in [0.29, 0.717) is 0 Å². The molecule has 92 valence electrons. The van der Waals surface area contributed by atoms with Crippen molar-refractivity contribution in [1.29, 1.82) is 0 Å². The smallest absolute Gasteiger partial charge is 0.000804 e. The molecule has 3 fully saturated rings. The number of hydrogen-bond donors (Lipinski definition) is 1. The van der Waals surface area contributed by atoms with Crippen molar-refractivity contribution in [2.45, 2.75) is 38.5 Å². The fraction of sp³-hybridized carbons (Fsp3) is 1.00. The Kier molecular flexibility index (Phi) is 2.97. The van der Waals surface area contributed by atoms with Crippen molar-refractivity contribution < 1.29 is 0 Å². The highest BCUT2D eigenvalue weighted by atomic mass is 15.1. The van der Waals surface area contributed by atoms with Gasteiger partial charge in [-0.05, 0) is 82.5 Å². The van der Waals surface area contributed by atoms with Crippen LogP contribution in [0.3, 0.4) is 0 Å². The van der Waals surface area contributed by atoms with Crippen LogP contribution in [0.25, 0.3) is 0 Å². The van der Waals surface area contributed by atoms with Crippen molar-refractivity contribution in [3.05, 3.63) is 0 Å². The predicted molar refractivity (Wildman–Crippen MR) is 67.5 cm³/mol. The van der Waals surface area contributed by atoms with Crippen molar-refractivity contribution in [3.63, 3.8) is 0 Å². The number of hydrogen-bond acceptors (Lipinski definition) is 2. The van der Waals surface area contributed by atoms with E-state index in [-0.39, 0.29) is 0 Å². The van der Waals surface area contributed by atoms with Gasteiger partial charge in [-0.3, -0.25) is 0 Å². The first-order valence-electron chi connectivity index (χ1n) is 7.17. The summed E-state index contributed by atoms with van der Waals surface area (Å²) in [6.45, 7) is 5.27. The molecule has 2 atom stereocenters. The van der Waals surface area contributed by atoms with E-state index < -0.39 is 0 Å². The summed E-state index contributed by atoms with van der Waals surface area (Å²) in [5.41, 5.74) is 0.765. The molecular formula is C14H26N2. The number of nitrogens with one attached hydrogen (secondary N) is 1. The largest absolute Gasteiger partial charge is 0.316 e. The lowest BCUT2D eigenvalue weighted by Gasteiger charge is -2.35. The number of likely N-dealkylation sites (tertiary alicyclic amines) is 1. The van der Waals surface area contributed by atoms with Crippen LogP contribution in [0.1, 0.15) is 38.5 Å². The van der Waals surface area contributed by atoms with Gasteiger partial charge in [-0.1, -0.05) is 0 Å². The average Bonchev–Trinajstić information content (AvgIpc) is 3.05. The van der Waals surface area contributed by atoms with Gasteiger partial charge in [0.25, 0.3) is 0 Å². The van der Waals surface area contributed by atoms with Crippen LogP contribution in [-0.2, 0) is 0 Å². The van der Waals surface area contributed by atoms with E-state index in [4.69, 9.17) is 0 Å². The summed E-state index contributed by atoms with van der Waals surface area (Å²) < 4.78 is 0. The Balaban J connectivity index is 1.58. The minimum atomic E-state index is 0.765. The summed E-state index contributed by atoms with van der Waals surface area (Å²) in [7, 11) is 2.28. The maximum Gasteiger partial charge on any atom is 0.000804 e. The summed E-state index contributed by atoms with van der Waals surface area (Å²) in [6.07, 6.45) is 8.89. The molecule has 2 unspecified atom stereocenters. The average molecular weight is 222 g/mol. The summed E-state index contributed by atoms with van der Waals surface area (Å²) in [6, 6.07) is 0. The third-order valence-electron chi connectivity index (χ3n) is 5.22. The highest BCUT2D eigenvalue weighted by molar-refractivity contribution is 5.00. The molecule has 1 aliphatic carbocycles. The van der Waals surface area contributed by atoms with E-state index in [0.717, 1.165) is 17.3 Å². The molecule has 2 heteroatoms. The molecule has 3 rings (SSSR count). The molecule has 3 aliphatic rings. The quantitative estimate of drug-likeness (QED) is 0.731. The zero-order chi connectivity index (χ0) is 11.0. The lowest BCUT2D eigenvalue weighted by molar-refractivity contribution is 0.184. The van der Waals surface area contributed by atoms with Crippen molar-refractivity contribution in [1.82, 2.24) is 10.2 Å². The predicted octanol–water partition coefficient (Wildman–Crippen LogP) is 2.11. The fourth-order valence-electron chi connectivity index (χ4n) is 3.85. The summed E-state index contributed by atoms with van der Waals surface area (Å²) in [5.74, 6) is 2.00. The van der Waals surface area contributed by atoms with Crippen LogP contribution < -0.4 is 5.32 Å². The second-order valence-corrected chi connectivity index (χ2v) is 6.59. The first kappa shape index (κ1) is 11.0. The SMILES string of the molecule is CN1CCCC(C2CNCC3(CC3)C2)CC1. The minimum absolute atomic E-state index is 0.765. The molecular weight excluding hydrogens is 196 g/mol. The number of nitrogens with zero attached hydrogens (tertiary/aromatic N) is 1. The van der Waals surface area contributed by atoms with Crippen molar-refractivity contribution in [2.24, 2.45) is 17.3 Å². The fourth-order valence-corrected chi connectivity index (χ4v) is 3.85. The molecule has 2 heterocycles. The van der Waals surface area contributed by atoms with Crippen LogP contribution in [0, 0.1) is 17.3 Å². The second kappa shape index (κ2) is 4.30. The van der Waals surface area contributed by atoms with Crippen LogP contribution in [0.5, 0.6) is 0 Å². The van der Waals surface area contributed by atoms with Gasteiger partial charge in [0.05, 0.1) is 0 Å². The number of piperidine rings is 1. The van der Waals surface area contributed by atoms with Crippen LogP contribution >= 0.6 is 0 Å². The van der Waals surface area contributed by atoms with Gasteiger partial charge >= 0.3 is 0 Å². The first-order chi connectivity index (χ1) is 7.77. The molecule has 0 aromatic carbocycles. The van der Waals surface area contributed by atoms with Crippen LogP contribution in [0.2, 0.25) is 0 Å². The van der Waals surface area contributed by atoms with Gasteiger partial charge in [0, 0.05) is 6.54 Å². The van der Waals surface area contributed by atoms with Gasteiger partial charge < -0.3 is 10.2 Å². The molecule has 0 aromatic heterocycles. The van der Waals surface area contributed by atoms with Gasteiger partial charge in [0.15, 0.2) is 0 Å². The molecule has 0 radical (unpaired) electrons. The van der Waals surface area contributed by atoms with Gasteiger partial charge in [-0.2, -0.15) is 0 Å². The maximum atomic E-state index is 3.70. The Morgan fingerprint density at radius 1 is 1.12 bits per heavy atom.